The fourth-order valence-electron chi connectivity index (χ4n) is 2.29. The summed E-state index contributed by atoms with van der Waals surface area (Å²) in [7, 11) is 0. The SMILES string of the molecule is CCNc1cc(C(C)(C)C)nc(-c2ccc(C)cc2C)n1. The first kappa shape index (κ1) is 15.5. The molecular weight excluding hydrogens is 258 g/mol. The predicted octanol–water partition coefficient (Wildman–Crippen LogP) is 4.49. The van der Waals surface area contributed by atoms with E-state index in [2.05, 4.69) is 76.1 Å². The number of nitrogens with one attached hydrogen (secondary N) is 1. The van der Waals surface area contributed by atoms with E-state index in [0.29, 0.717) is 0 Å². The number of nitrogens with zero attached hydrogens (tertiary/aromatic N) is 2. The van der Waals surface area contributed by atoms with E-state index >= 15 is 0 Å². The van der Waals surface area contributed by atoms with E-state index < -0.39 is 0 Å². The minimum atomic E-state index is 0.000460. The molecule has 112 valence electrons. The van der Waals surface area contributed by atoms with Crippen LogP contribution in [0, 0.1) is 13.8 Å². The lowest BCUT2D eigenvalue weighted by atomic mass is 9.91. The zero-order valence-corrected chi connectivity index (χ0v) is 13.9. The van der Waals surface area contributed by atoms with E-state index in [9.17, 15) is 0 Å². The van der Waals surface area contributed by atoms with Crippen molar-refractivity contribution in [3.63, 3.8) is 0 Å². The summed E-state index contributed by atoms with van der Waals surface area (Å²) in [6, 6.07) is 8.45. The zero-order chi connectivity index (χ0) is 15.6. The summed E-state index contributed by atoms with van der Waals surface area (Å²) in [5, 5.41) is 3.31. The van der Waals surface area contributed by atoms with Gasteiger partial charge >= 0.3 is 0 Å². The molecule has 0 spiro atoms. The van der Waals surface area contributed by atoms with Gasteiger partial charge in [0.25, 0.3) is 0 Å². The first-order valence-corrected chi connectivity index (χ1v) is 7.52. The van der Waals surface area contributed by atoms with Crippen LogP contribution < -0.4 is 5.32 Å². The Morgan fingerprint density at radius 2 is 1.76 bits per heavy atom. The van der Waals surface area contributed by atoms with Crippen LogP contribution in [0.5, 0.6) is 0 Å². The molecule has 1 aromatic heterocycles. The average Bonchev–Trinajstić information content (AvgIpc) is 2.37. The molecule has 0 aliphatic rings. The third-order valence-electron chi connectivity index (χ3n) is 3.48. The Bertz CT molecular complexity index is 639. The standard InChI is InChI=1S/C18H25N3/c1-7-19-16-11-15(18(4,5)6)20-17(21-16)14-9-8-12(2)10-13(14)3/h8-11H,7H2,1-6H3,(H,19,20,21). The number of benzene rings is 1. The highest BCUT2D eigenvalue weighted by Crippen LogP contribution is 2.27. The molecule has 0 fully saturated rings. The van der Waals surface area contributed by atoms with Gasteiger partial charge in [0.2, 0.25) is 0 Å². The maximum atomic E-state index is 4.80. The summed E-state index contributed by atoms with van der Waals surface area (Å²) in [6.07, 6.45) is 0. The molecule has 0 aliphatic heterocycles. The van der Waals surface area contributed by atoms with E-state index in [1.54, 1.807) is 0 Å². The first-order chi connectivity index (χ1) is 9.81. The minimum Gasteiger partial charge on any atom is -0.370 e. The lowest BCUT2D eigenvalue weighted by molar-refractivity contribution is 0.568. The Balaban J connectivity index is 2.59. The number of aromatic nitrogens is 2. The van der Waals surface area contributed by atoms with Crippen LogP contribution in [-0.4, -0.2) is 16.5 Å². The molecule has 0 saturated heterocycles. The van der Waals surface area contributed by atoms with Gasteiger partial charge in [-0.15, -0.1) is 0 Å². The third-order valence-corrected chi connectivity index (χ3v) is 3.48. The number of rotatable bonds is 3. The van der Waals surface area contributed by atoms with E-state index in [4.69, 9.17) is 4.98 Å². The maximum Gasteiger partial charge on any atom is 0.162 e. The van der Waals surface area contributed by atoms with E-state index in [1.165, 1.54) is 11.1 Å². The van der Waals surface area contributed by atoms with Gasteiger partial charge in [-0.05, 0) is 26.3 Å². The van der Waals surface area contributed by atoms with Crippen molar-refractivity contribution in [1.29, 1.82) is 0 Å². The van der Waals surface area contributed by atoms with Crippen LogP contribution in [-0.2, 0) is 5.41 Å². The van der Waals surface area contributed by atoms with Gasteiger partial charge in [-0.25, -0.2) is 9.97 Å². The zero-order valence-electron chi connectivity index (χ0n) is 13.9. The quantitative estimate of drug-likeness (QED) is 0.902. The van der Waals surface area contributed by atoms with Crippen LogP contribution in [0.3, 0.4) is 0 Å². The fourth-order valence-corrected chi connectivity index (χ4v) is 2.29. The molecule has 21 heavy (non-hydrogen) atoms. The van der Waals surface area contributed by atoms with E-state index in [1.807, 2.05) is 0 Å². The molecule has 0 unspecified atom stereocenters. The predicted molar refractivity (Wildman–Crippen MR) is 89.8 cm³/mol. The highest BCUT2D eigenvalue weighted by molar-refractivity contribution is 5.62. The normalized spacial score (nSPS) is 11.5. The topological polar surface area (TPSA) is 37.8 Å². The molecule has 3 nitrogen and oxygen atoms in total. The summed E-state index contributed by atoms with van der Waals surface area (Å²) < 4.78 is 0. The van der Waals surface area contributed by atoms with Gasteiger partial charge < -0.3 is 5.32 Å². The molecule has 1 heterocycles. The van der Waals surface area contributed by atoms with Gasteiger partial charge in [-0.1, -0.05) is 44.5 Å². The molecule has 0 amide bonds. The number of aryl methyl sites for hydroxylation is 2. The maximum absolute atomic E-state index is 4.80. The summed E-state index contributed by atoms with van der Waals surface area (Å²) in [5.41, 5.74) is 4.63. The Labute approximate surface area is 127 Å². The second-order valence-electron chi connectivity index (χ2n) is 6.56. The molecule has 0 aliphatic carbocycles. The highest BCUT2D eigenvalue weighted by atomic mass is 15.0. The van der Waals surface area contributed by atoms with Crippen LogP contribution >= 0.6 is 0 Å². The third kappa shape index (κ3) is 3.60. The van der Waals surface area contributed by atoms with Gasteiger partial charge in [0, 0.05) is 23.6 Å². The minimum absolute atomic E-state index is 0.000460. The van der Waals surface area contributed by atoms with Crippen molar-refractivity contribution >= 4 is 5.82 Å². The number of anilines is 1. The van der Waals surface area contributed by atoms with E-state index in [0.717, 1.165) is 29.4 Å². The highest BCUT2D eigenvalue weighted by Gasteiger charge is 2.19. The Hall–Kier alpha value is -1.90. The molecule has 3 heteroatoms. The molecule has 2 rings (SSSR count). The van der Waals surface area contributed by atoms with Gasteiger partial charge in [0.15, 0.2) is 5.82 Å². The van der Waals surface area contributed by atoms with Gasteiger partial charge in [0.1, 0.15) is 5.82 Å². The van der Waals surface area contributed by atoms with Crippen molar-refractivity contribution in [2.45, 2.75) is 47.0 Å². The molecule has 0 atom stereocenters. The lowest BCUT2D eigenvalue weighted by Gasteiger charge is -2.20. The van der Waals surface area contributed by atoms with Gasteiger partial charge in [-0.3, -0.25) is 0 Å². The number of hydrogen-bond acceptors (Lipinski definition) is 3. The van der Waals surface area contributed by atoms with Crippen molar-refractivity contribution in [2.75, 3.05) is 11.9 Å². The van der Waals surface area contributed by atoms with Crippen LogP contribution in [0.4, 0.5) is 5.82 Å². The van der Waals surface area contributed by atoms with Crippen molar-refractivity contribution in [1.82, 2.24) is 9.97 Å². The number of hydrogen-bond donors (Lipinski definition) is 1. The van der Waals surface area contributed by atoms with Crippen molar-refractivity contribution in [3.8, 4) is 11.4 Å². The second kappa shape index (κ2) is 5.84. The van der Waals surface area contributed by atoms with Crippen LogP contribution in [0.2, 0.25) is 0 Å². The van der Waals surface area contributed by atoms with Crippen LogP contribution in [0.1, 0.15) is 44.5 Å². The van der Waals surface area contributed by atoms with Gasteiger partial charge in [-0.2, -0.15) is 0 Å². The van der Waals surface area contributed by atoms with Crippen molar-refractivity contribution in [3.05, 3.63) is 41.1 Å². The molecule has 0 saturated carbocycles. The van der Waals surface area contributed by atoms with E-state index in [-0.39, 0.29) is 5.41 Å². The summed E-state index contributed by atoms with van der Waals surface area (Å²) in [5.74, 6) is 1.70. The Morgan fingerprint density at radius 3 is 2.33 bits per heavy atom. The largest absolute Gasteiger partial charge is 0.370 e. The Kier molecular flexibility index (Phi) is 4.31. The molecule has 2 aromatic rings. The average molecular weight is 283 g/mol. The monoisotopic (exact) mass is 283 g/mol. The molecule has 0 bridgehead atoms. The fraction of sp³-hybridized carbons (Fsp3) is 0.444. The second-order valence-corrected chi connectivity index (χ2v) is 6.56. The molecule has 0 radical (unpaired) electrons. The van der Waals surface area contributed by atoms with Crippen molar-refractivity contribution in [2.24, 2.45) is 0 Å². The lowest BCUT2D eigenvalue weighted by Crippen LogP contribution is -2.16. The molecule has 1 aromatic carbocycles. The molecular formula is C18H25N3. The van der Waals surface area contributed by atoms with Crippen molar-refractivity contribution < 1.29 is 0 Å². The van der Waals surface area contributed by atoms with Crippen LogP contribution in [0.25, 0.3) is 11.4 Å². The summed E-state index contributed by atoms with van der Waals surface area (Å²) in [4.78, 5) is 9.47. The Morgan fingerprint density at radius 1 is 1.05 bits per heavy atom. The van der Waals surface area contributed by atoms with Crippen LogP contribution in [0.15, 0.2) is 24.3 Å². The smallest absolute Gasteiger partial charge is 0.162 e. The summed E-state index contributed by atoms with van der Waals surface area (Å²) in [6.45, 7) is 13.7. The first-order valence-electron chi connectivity index (χ1n) is 7.52. The van der Waals surface area contributed by atoms with Gasteiger partial charge in [0.05, 0.1) is 5.69 Å². The summed E-state index contributed by atoms with van der Waals surface area (Å²) >= 11 is 0. The molecule has 1 N–H and O–H groups in total.